The van der Waals surface area contributed by atoms with Gasteiger partial charge in [0.15, 0.2) is 23.1 Å². The van der Waals surface area contributed by atoms with Crippen LogP contribution in [0.15, 0.2) is 36.4 Å². The quantitative estimate of drug-likeness (QED) is 0.846. The second kappa shape index (κ2) is 7.92. The highest BCUT2D eigenvalue weighted by Crippen LogP contribution is 2.30. The van der Waals surface area contributed by atoms with E-state index in [1.54, 1.807) is 13.2 Å². The van der Waals surface area contributed by atoms with Gasteiger partial charge < -0.3 is 15.2 Å². The molecule has 5 heteroatoms. The SMILES string of the molecule is CCOc1ccc(CC(CN)c2ccc(F)c(F)c2)cc1OC. The van der Waals surface area contributed by atoms with Gasteiger partial charge in [-0.05, 0) is 55.3 Å². The first-order chi connectivity index (χ1) is 11.1. The Hall–Kier alpha value is -2.14. The molecule has 0 saturated carbocycles. The molecule has 0 radical (unpaired) electrons. The van der Waals surface area contributed by atoms with Gasteiger partial charge in [-0.15, -0.1) is 0 Å². The van der Waals surface area contributed by atoms with E-state index in [2.05, 4.69) is 0 Å². The van der Waals surface area contributed by atoms with Crippen molar-refractivity contribution >= 4 is 0 Å². The molecule has 1 atom stereocenters. The van der Waals surface area contributed by atoms with E-state index >= 15 is 0 Å². The molecule has 2 aromatic rings. The molecule has 0 spiro atoms. The van der Waals surface area contributed by atoms with Crippen molar-refractivity contribution in [1.29, 1.82) is 0 Å². The Morgan fingerprint density at radius 3 is 2.43 bits per heavy atom. The Morgan fingerprint density at radius 2 is 1.83 bits per heavy atom. The molecular weight excluding hydrogens is 300 g/mol. The molecule has 124 valence electrons. The lowest BCUT2D eigenvalue weighted by molar-refractivity contribution is 0.310. The summed E-state index contributed by atoms with van der Waals surface area (Å²) in [4.78, 5) is 0. The number of methoxy groups -OCH3 is 1. The lowest BCUT2D eigenvalue weighted by Gasteiger charge is -2.17. The highest BCUT2D eigenvalue weighted by atomic mass is 19.2. The fourth-order valence-electron chi connectivity index (χ4n) is 2.50. The highest BCUT2D eigenvalue weighted by Gasteiger charge is 2.15. The topological polar surface area (TPSA) is 44.5 Å². The fourth-order valence-corrected chi connectivity index (χ4v) is 2.50. The first-order valence-corrected chi connectivity index (χ1v) is 7.53. The molecule has 0 aliphatic rings. The monoisotopic (exact) mass is 321 g/mol. The van der Waals surface area contributed by atoms with Gasteiger partial charge in [0, 0.05) is 5.92 Å². The van der Waals surface area contributed by atoms with Crippen LogP contribution in [0.2, 0.25) is 0 Å². The van der Waals surface area contributed by atoms with E-state index in [0.717, 1.165) is 11.6 Å². The van der Waals surface area contributed by atoms with Gasteiger partial charge in [-0.3, -0.25) is 0 Å². The van der Waals surface area contributed by atoms with Crippen LogP contribution in [0.25, 0.3) is 0 Å². The normalized spacial score (nSPS) is 12.0. The zero-order chi connectivity index (χ0) is 16.8. The third kappa shape index (κ3) is 4.20. The van der Waals surface area contributed by atoms with E-state index in [4.69, 9.17) is 15.2 Å². The fraction of sp³-hybridized carbons (Fsp3) is 0.333. The highest BCUT2D eigenvalue weighted by molar-refractivity contribution is 5.43. The average molecular weight is 321 g/mol. The van der Waals surface area contributed by atoms with E-state index in [1.807, 2.05) is 25.1 Å². The van der Waals surface area contributed by atoms with Crippen LogP contribution >= 0.6 is 0 Å². The molecule has 2 N–H and O–H groups in total. The van der Waals surface area contributed by atoms with Crippen LogP contribution in [0.1, 0.15) is 24.0 Å². The first kappa shape index (κ1) is 17.2. The summed E-state index contributed by atoms with van der Waals surface area (Å²) in [7, 11) is 1.58. The van der Waals surface area contributed by atoms with Gasteiger partial charge in [-0.1, -0.05) is 12.1 Å². The molecule has 1 unspecified atom stereocenters. The predicted molar refractivity (Wildman–Crippen MR) is 86.0 cm³/mol. The van der Waals surface area contributed by atoms with E-state index < -0.39 is 11.6 Å². The van der Waals surface area contributed by atoms with E-state index in [1.165, 1.54) is 6.07 Å². The van der Waals surface area contributed by atoms with E-state index in [9.17, 15) is 8.78 Å². The van der Waals surface area contributed by atoms with Gasteiger partial charge in [0.05, 0.1) is 13.7 Å². The van der Waals surface area contributed by atoms with Gasteiger partial charge >= 0.3 is 0 Å². The Kier molecular flexibility index (Phi) is 5.93. The minimum atomic E-state index is -0.856. The maximum atomic E-state index is 13.4. The van der Waals surface area contributed by atoms with Crippen molar-refractivity contribution in [3.8, 4) is 11.5 Å². The second-order valence-electron chi connectivity index (χ2n) is 5.23. The minimum absolute atomic E-state index is 0.104. The molecule has 0 bridgehead atoms. The maximum Gasteiger partial charge on any atom is 0.161 e. The number of benzene rings is 2. The molecule has 0 heterocycles. The molecule has 0 fully saturated rings. The van der Waals surface area contributed by atoms with Crippen molar-refractivity contribution in [2.24, 2.45) is 5.73 Å². The summed E-state index contributed by atoms with van der Waals surface area (Å²) >= 11 is 0. The number of halogens is 2. The molecule has 3 nitrogen and oxygen atoms in total. The van der Waals surface area contributed by atoms with Crippen LogP contribution in [0.5, 0.6) is 11.5 Å². The largest absolute Gasteiger partial charge is 0.493 e. The van der Waals surface area contributed by atoms with Crippen LogP contribution in [0, 0.1) is 11.6 Å². The zero-order valence-corrected chi connectivity index (χ0v) is 13.3. The molecule has 0 aliphatic heterocycles. The Labute approximate surface area is 135 Å². The smallest absolute Gasteiger partial charge is 0.161 e. The van der Waals surface area contributed by atoms with Crippen LogP contribution in [0.4, 0.5) is 8.78 Å². The number of hydrogen-bond donors (Lipinski definition) is 1. The Balaban J connectivity index is 2.22. The minimum Gasteiger partial charge on any atom is -0.493 e. The molecule has 23 heavy (non-hydrogen) atoms. The Morgan fingerprint density at radius 1 is 1.04 bits per heavy atom. The number of ether oxygens (including phenoxy) is 2. The summed E-state index contributed by atoms with van der Waals surface area (Å²) in [5.41, 5.74) is 7.49. The predicted octanol–water partition coefficient (Wildman–Crippen LogP) is 3.66. The van der Waals surface area contributed by atoms with Gasteiger partial charge in [-0.2, -0.15) is 0 Å². The summed E-state index contributed by atoms with van der Waals surface area (Å²) in [6, 6.07) is 9.56. The van der Waals surface area contributed by atoms with Gasteiger partial charge in [0.2, 0.25) is 0 Å². The number of hydrogen-bond acceptors (Lipinski definition) is 3. The molecule has 0 amide bonds. The molecule has 2 rings (SSSR count). The maximum absolute atomic E-state index is 13.4. The molecule has 0 aliphatic carbocycles. The van der Waals surface area contributed by atoms with E-state index in [0.29, 0.717) is 36.6 Å². The number of nitrogens with two attached hydrogens (primary N) is 1. The van der Waals surface area contributed by atoms with Gasteiger partial charge in [0.1, 0.15) is 0 Å². The lowest BCUT2D eigenvalue weighted by Crippen LogP contribution is -2.15. The van der Waals surface area contributed by atoms with Crippen molar-refractivity contribution in [3.63, 3.8) is 0 Å². The average Bonchev–Trinajstić information content (AvgIpc) is 2.56. The summed E-state index contributed by atoms with van der Waals surface area (Å²) in [6.45, 7) is 2.79. The van der Waals surface area contributed by atoms with Crippen molar-refractivity contribution < 1.29 is 18.3 Å². The Bertz CT molecular complexity index is 661. The van der Waals surface area contributed by atoms with Crippen molar-refractivity contribution in [1.82, 2.24) is 0 Å². The summed E-state index contributed by atoms with van der Waals surface area (Å²) < 4.78 is 37.3. The summed E-state index contributed by atoms with van der Waals surface area (Å²) in [6.07, 6.45) is 0.602. The molecule has 2 aromatic carbocycles. The van der Waals surface area contributed by atoms with Crippen molar-refractivity contribution in [2.75, 3.05) is 20.3 Å². The lowest BCUT2D eigenvalue weighted by atomic mass is 9.92. The van der Waals surface area contributed by atoms with Gasteiger partial charge in [-0.25, -0.2) is 8.78 Å². The summed E-state index contributed by atoms with van der Waals surface area (Å²) in [5.74, 6) is -0.494. The summed E-state index contributed by atoms with van der Waals surface area (Å²) in [5, 5.41) is 0. The van der Waals surface area contributed by atoms with E-state index in [-0.39, 0.29) is 5.92 Å². The third-order valence-electron chi connectivity index (χ3n) is 3.71. The first-order valence-electron chi connectivity index (χ1n) is 7.53. The second-order valence-corrected chi connectivity index (χ2v) is 5.23. The van der Waals surface area contributed by atoms with Crippen LogP contribution in [-0.2, 0) is 6.42 Å². The molecular formula is C18H21F2NO2. The van der Waals surface area contributed by atoms with Crippen molar-refractivity contribution in [3.05, 3.63) is 59.2 Å². The van der Waals surface area contributed by atoms with Gasteiger partial charge in [0.25, 0.3) is 0 Å². The zero-order valence-electron chi connectivity index (χ0n) is 13.3. The number of rotatable bonds is 7. The van der Waals surface area contributed by atoms with Crippen LogP contribution < -0.4 is 15.2 Å². The van der Waals surface area contributed by atoms with Crippen LogP contribution in [0.3, 0.4) is 0 Å². The third-order valence-corrected chi connectivity index (χ3v) is 3.71. The van der Waals surface area contributed by atoms with Crippen LogP contribution in [-0.4, -0.2) is 20.3 Å². The molecule has 0 aromatic heterocycles. The van der Waals surface area contributed by atoms with Crippen molar-refractivity contribution in [2.45, 2.75) is 19.3 Å². The standard InChI is InChI=1S/C18H21F2NO2/c1-3-23-17-7-4-12(9-18(17)22-2)8-14(11-21)13-5-6-15(19)16(20)10-13/h4-7,9-10,14H,3,8,11,21H2,1-2H3. The molecule has 0 saturated heterocycles.